The van der Waals surface area contributed by atoms with E-state index in [-0.39, 0.29) is 12.1 Å². The molecule has 2 N–H and O–H groups in total. The van der Waals surface area contributed by atoms with Crippen molar-refractivity contribution in [2.24, 2.45) is 0 Å². The standard InChI is InChI=1S/C20H27N5O2/c1-4-27-20(26)25-12-9-16(10-13-25)22-17-8-11-21-19(23-17)24-18-14(2)6-5-7-15(18)3/h5-8,11,16H,4,9-10,12-13H2,1-3H3,(H2,21,22,23,24). The van der Waals surface area contributed by atoms with Crippen molar-refractivity contribution >= 4 is 23.5 Å². The molecule has 0 atom stereocenters. The lowest BCUT2D eigenvalue weighted by atomic mass is 10.1. The van der Waals surface area contributed by atoms with E-state index in [9.17, 15) is 4.79 Å². The quantitative estimate of drug-likeness (QED) is 0.833. The molecule has 1 aliphatic rings. The fourth-order valence-electron chi connectivity index (χ4n) is 3.25. The number of rotatable bonds is 5. The van der Waals surface area contributed by atoms with Crippen molar-refractivity contribution in [2.45, 2.75) is 39.7 Å². The van der Waals surface area contributed by atoms with Crippen molar-refractivity contribution in [3.05, 3.63) is 41.6 Å². The molecule has 1 aliphatic heterocycles. The lowest BCUT2D eigenvalue weighted by molar-refractivity contribution is 0.0983. The fourth-order valence-corrected chi connectivity index (χ4v) is 3.25. The summed E-state index contributed by atoms with van der Waals surface area (Å²) in [4.78, 5) is 22.5. The first-order valence-electron chi connectivity index (χ1n) is 9.41. The molecule has 27 heavy (non-hydrogen) atoms. The van der Waals surface area contributed by atoms with Gasteiger partial charge in [-0.25, -0.2) is 9.78 Å². The van der Waals surface area contributed by atoms with Gasteiger partial charge in [-0.2, -0.15) is 4.98 Å². The van der Waals surface area contributed by atoms with Crippen molar-refractivity contribution in [1.82, 2.24) is 14.9 Å². The van der Waals surface area contributed by atoms with Gasteiger partial charge in [0.25, 0.3) is 0 Å². The minimum Gasteiger partial charge on any atom is -0.450 e. The fraction of sp³-hybridized carbons (Fsp3) is 0.450. The van der Waals surface area contributed by atoms with Gasteiger partial charge in [0, 0.05) is 31.0 Å². The number of ether oxygens (including phenoxy) is 1. The molecule has 1 fully saturated rings. The van der Waals surface area contributed by atoms with Gasteiger partial charge in [0.15, 0.2) is 0 Å². The van der Waals surface area contributed by atoms with Gasteiger partial charge < -0.3 is 20.3 Å². The number of para-hydroxylation sites is 1. The molecule has 2 aromatic rings. The van der Waals surface area contributed by atoms with Gasteiger partial charge in [-0.15, -0.1) is 0 Å². The van der Waals surface area contributed by atoms with Crippen LogP contribution in [0.3, 0.4) is 0 Å². The zero-order valence-electron chi connectivity index (χ0n) is 16.2. The van der Waals surface area contributed by atoms with E-state index in [4.69, 9.17) is 4.74 Å². The minimum atomic E-state index is -0.224. The molecule has 2 heterocycles. The van der Waals surface area contributed by atoms with Gasteiger partial charge >= 0.3 is 6.09 Å². The molecule has 0 radical (unpaired) electrons. The topological polar surface area (TPSA) is 79.4 Å². The molecular weight excluding hydrogens is 342 g/mol. The van der Waals surface area contributed by atoms with Gasteiger partial charge in [0.2, 0.25) is 5.95 Å². The maximum Gasteiger partial charge on any atom is 0.409 e. The number of nitrogens with zero attached hydrogens (tertiary/aromatic N) is 3. The summed E-state index contributed by atoms with van der Waals surface area (Å²) < 4.78 is 5.06. The summed E-state index contributed by atoms with van der Waals surface area (Å²) in [5.41, 5.74) is 3.35. The van der Waals surface area contributed by atoms with Crippen molar-refractivity contribution in [3.63, 3.8) is 0 Å². The molecule has 7 nitrogen and oxygen atoms in total. The highest BCUT2D eigenvalue weighted by atomic mass is 16.6. The third-order valence-electron chi connectivity index (χ3n) is 4.75. The smallest absolute Gasteiger partial charge is 0.409 e. The highest BCUT2D eigenvalue weighted by molar-refractivity contribution is 5.67. The van der Waals surface area contributed by atoms with Crippen LogP contribution in [0, 0.1) is 13.8 Å². The number of amides is 1. The number of aromatic nitrogens is 2. The summed E-state index contributed by atoms with van der Waals surface area (Å²) in [7, 11) is 0. The van der Waals surface area contributed by atoms with Crippen molar-refractivity contribution in [1.29, 1.82) is 0 Å². The molecule has 144 valence electrons. The zero-order valence-corrected chi connectivity index (χ0v) is 16.2. The Balaban J connectivity index is 1.59. The van der Waals surface area contributed by atoms with Gasteiger partial charge in [-0.05, 0) is 50.8 Å². The molecule has 1 saturated heterocycles. The molecule has 3 rings (SSSR count). The molecule has 0 spiro atoms. The van der Waals surface area contributed by atoms with E-state index in [2.05, 4.69) is 46.6 Å². The van der Waals surface area contributed by atoms with Gasteiger partial charge in [0.05, 0.1) is 6.61 Å². The Morgan fingerprint density at radius 3 is 2.59 bits per heavy atom. The predicted octanol–water partition coefficient (Wildman–Crippen LogP) is 3.87. The molecule has 1 aromatic carbocycles. The number of benzene rings is 1. The summed E-state index contributed by atoms with van der Waals surface area (Å²) in [6, 6.07) is 8.31. The van der Waals surface area contributed by atoms with Crippen LogP contribution < -0.4 is 10.6 Å². The summed E-state index contributed by atoms with van der Waals surface area (Å²) in [6.07, 6.45) is 3.25. The molecule has 0 bridgehead atoms. The highest BCUT2D eigenvalue weighted by Crippen LogP contribution is 2.23. The molecule has 7 heteroatoms. The number of nitrogens with one attached hydrogen (secondary N) is 2. The Hall–Kier alpha value is -2.83. The summed E-state index contributed by atoms with van der Waals surface area (Å²) in [6.45, 7) is 7.74. The Bertz CT molecular complexity index is 767. The average molecular weight is 369 g/mol. The van der Waals surface area contributed by atoms with Crippen molar-refractivity contribution in [3.8, 4) is 0 Å². The van der Waals surface area contributed by atoms with Crippen LogP contribution in [0.15, 0.2) is 30.5 Å². The van der Waals surface area contributed by atoms with Crippen LogP contribution in [0.2, 0.25) is 0 Å². The van der Waals surface area contributed by atoms with E-state index < -0.39 is 0 Å². The lowest BCUT2D eigenvalue weighted by Crippen LogP contribution is -2.42. The van der Waals surface area contributed by atoms with E-state index in [0.717, 1.165) is 35.5 Å². The molecule has 1 amide bonds. The Kier molecular flexibility index (Phi) is 6.11. The summed E-state index contributed by atoms with van der Waals surface area (Å²) in [5.74, 6) is 1.36. The monoisotopic (exact) mass is 369 g/mol. The van der Waals surface area contributed by atoms with Crippen molar-refractivity contribution < 1.29 is 9.53 Å². The number of hydrogen-bond acceptors (Lipinski definition) is 6. The average Bonchev–Trinajstić information content (AvgIpc) is 2.66. The second-order valence-corrected chi connectivity index (χ2v) is 6.76. The first-order valence-corrected chi connectivity index (χ1v) is 9.41. The van der Waals surface area contributed by atoms with Crippen LogP contribution in [0.4, 0.5) is 22.2 Å². The third-order valence-corrected chi connectivity index (χ3v) is 4.75. The first-order chi connectivity index (χ1) is 13.1. The molecule has 0 unspecified atom stereocenters. The van der Waals surface area contributed by atoms with Crippen LogP contribution >= 0.6 is 0 Å². The van der Waals surface area contributed by atoms with Crippen molar-refractivity contribution in [2.75, 3.05) is 30.3 Å². The lowest BCUT2D eigenvalue weighted by Gasteiger charge is -2.31. The first kappa shape index (κ1) is 18.9. The van der Waals surface area contributed by atoms with Gasteiger partial charge in [-0.1, -0.05) is 18.2 Å². The largest absolute Gasteiger partial charge is 0.450 e. The molecule has 0 saturated carbocycles. The highest BCUT2D eigenvalue weighted by Gasteiger charge is 2.23. The second-order valence-electron chi connectivity index (χ2n) is 6.76. The number of hydrogen-bond donors (Lipinski definition) is 2. The number of likely N-dealkylation sites (tertiary alicyclic amines) is 1. The number of piperidine rings is 1. The van der Waals surface area contributed by atoms with Gasteiger partial charge in [-0.3, -0.25) is 0 Å². The van der Waals surface area contributed by atoms with E-state index in [0.29, 0.717) is 25.6 Å². The summed E-state index contributed by atoms with van der Waals surface area (Å²) in [5, 5.41) is 6.78. The van der Waals surface area contributed by atoms with E-state index in [1.54, 1.807) is 11.1 Å². The molecule has 0 aliphatic carbocycles. The molecular formula is C20H27N5O2. The minimum absolute atomic E-state index is 0.224. The second kappa shape index (κ2) is 8.70. The van der Waals surface area contributed by atoms with Crippen LogP contribution in [-0.2, 0) is 4.74 Å². The SMILES string of the molecule is CCOC(=O)N1CCC(Nc2ccnc(Nc3c(C)cccc3C)n2)CC1. The van der Waals surface area contributed by atoms with Crippen LogP contribution in [0.5, 0.6) is 0 Å². The van der Waals surface area contributed by atoms with E-state index in [1.165, 1.54) is 0 Å². The number of aryl methyl sites for hydroxylation is 2. The Labute approximate surface area is 160 Å². The number of carbonyl (C=O) groups is 1. The van der Waals surface area contributed by atoms with Crippen LogP contribution in [0.1, 0.15) is 30.9 Å². The maximum absolute atomic E-state index is 11.8. The Morgan fingerprint density at radius 1 is 1.22 bits per heavy atom. The molecule has 1 aromatic heterocycles. The zero-order chi connectivity index (χ0) is 19.2. The van der Waals surface area contributed by atoms with Crippen LogP contribution in [-0.4, -0.2) is 46.7 Å². The van der Waals surface area contributed by atoms with Crippen LogP contribution in [0.25, 0.3) is 0 Å². The summed E-state index contributed by atoms with van der Waals surface area (Å²) >= 11 is 0. The van der Waals surface area contributed by atoms with E-state index in [1.807, 2.05) is 19.1 Å². The number of anilines is 3. The van der Waals surface area contributed by atoms with E-state index >= 15 is 0 Å². The normalized spacial score (nSPS) is 14.7. The van der Waals surface area contributed by atoms with Gasteiger partial charge in [0.1, 0.15) is 5.82 Å². The maximum atomic E-state index is 11.8. The predicted molar refractivity (Wildman–Crippen MR) is 106 cm³/mol. The number of carbonyl (C=O) groups excluding carboxylic acids is 1. The third kappa shape index (κ3) is 4.87. The Morgan fingerprint density at radius 2 is 1.93 bits per heavy atom.